The number of rotatable bonds is 3. The van der Waals surface area contributed by atoms with Crippen molar-refractivity contribution < 1.29 is 4.79 Å². The summed E-state index contributed by atoms with van der Waals surface area (Å²) < 4.78 is 0. The molecule has 22 heavy (non-hydrogen) atoms. The van der Waals surface area contributed by atoms with E-state index in [-0.39, 0.29) is 22.9 Å². The summed E-state index contributed by atoms with van der Waals surface area (Å²) in [5, 5.41) is 0. The third-order valence-corrected chi connectivity index (χ3v) is 3.24. The van der Waals surface area contributed by atoms with Crippen LogP contribution in [0, 0.1) is 0 Å². The van der Waals surface area contributed by atoms with Crippen LogP contribution in [0.4, 0.5) is 11.5 Å². The zero-order chi connectivity index (χ0) is 15.5. The molecule has 2 aromatic heterocycles. The van der Waals surface area contributed by atoms with Gasteiger partial charge in [-0.25, -0.2) is 9.97 Å². The van der Waals surface area contributed by atoms with Gasteiger partial charge in [0.05, 0.1) is 16.9 Å². The Balaban J connectivity index is 2.04. The summed E-state index contributed by atoms with van der Waals surface area (Å²) in [5.41, 5.74) is 17.7. The fraction of sp³-hybridized carbons (Fsp3) is 0. The smallest absolute Gasteiger partial charge is 0.215 e. The minimum absolute atomic E-state index is 0.0689. The fourth-order valence-electron chi connectivity index (χ4n) is 2.14. The molecular formula is C17H12N4O. The van der Waals surface area contributed by atoms with Gasteiger partial charge in [0, 0.05) is 11.8 Å². The number of pyridine rings is 2. The normalized spacial score (nSPS) is 10.4. The van der Waals surface area contributed by atoms with Gasteiger partial charge in [-0.15, -0.1) is 0 Å². The van der Waals surface area contributed by atoms with Crippen molar-refractivity contribution in [3.8, 4) is 11.3 Å². The molecule has 0 spiro atoms. The zero-order valence-electron chi connectivity index (χ0n) is 11.6. The molecular weight excluding hydrogens is 276 g/mol. The Hall–Kier alpha value is -3.21. The van der Waals surface area contributed by atoms with Crippen molar-refractivity contribution in [2.24, 2.45) is 0 Å². The van der Waals surface area contributed by atoms with Crippen molar-refractivity contribution in [1.29, 1.82) is 0 Å². The second-order valence-electron chi connectivity index (χ2n) is 4.68. The van der Waals surface area contributed by atoms with E-state index in [2.05, 4.69) is 9.97 Å². The first-order valence-electron chi connectivity index (χ1n) is 6.66. The second kappa shape index (κ2) is 5.65. The summed E-state index contributed by atoms with van der Waals surface area (Å²) in [7, 11) is 0. The van der Waals surface area contributed by atoms with Gasteiger partial charge >= 0.3 is 0 Å². The van der Waals surface area contributed by atoms with Gasteiger partial charge in [-0.05, 0) is 30.3 Å². The number of hydrogen-bond acceptors (Lipinski definition) is 3. The third kappa shape index (κ3) is 2.52. The van der Waals surface area contributed by atoms with Crippen molar-refractivity contribution >= 4 is 17.3 Å². The van der Waals surface area contributed by atoms with Gasteiger partial charge in [0.25, 0.3) is 0 Å². The third-order valence-electron chi connectivity index (χ3n) is 3.24. The minimum atomic E-state index is -0.345. The monoisotopic (exact) mass is 288 g/mol. The topological polar surface area (TPSA) is 90.5 Å². The lowest BCUT2D eigenvalue weighted by Crippen LogP contribution is -2.06. The highest BCUT2D eigenvalue weighted by atomic mass is 16.1. The number of nitrogens with zero attached hydrogens (tertiary/aromatic N) is 2. The average Bonchev–Trinajstić information content (AvgIpc) is 2.55. The second-order valence-corrected chi connectivity index (χ2v) is 4.68. The molecule has 0 saturated heterocycles. The van der Waals surface area contributed by atoms with Crippen LogP contribution in [0.15, 0.2) is 60.8 Å². The van der Waals surface area contributed by atoms with Crippen LogP contribution in [0.25, 0.3) is 11.3 Å². The largest absolute Gasteiger partial charge is 0.300 e. The van der Waals surface area contributed by atoms with Crippen LogP contribution < -0.4 is 11.5 Å². The number of nitrogens with one attached hydrogen (secondary N) is 2. The number of carbonyl (C=O) groups is 1. The first-order chi connectivity index (χ1) is 10.7. The quantitative estimate of drug-likeness (QED) is 0.693. The van der Waals surface area contributed by atoms with Crippen molar-refractivity contribution in [2.45, 2.75) is 0 Å². The summed E-state index contributed by atoms with van der Waals surface area (Å²) in [6, 6.07) is 15.3. The van der Waals surface area contributed by atoms with Crippen LogP contribution in [0.1, 0.15) is 16.1 Å². The molecule has 3 aromatic rings. The molecule has 3 rings (SSSR count). The highest BCUT2D eigenvalue weighted by Gasteiger charge is 2.15. The summed E-state index contributed by atoms with van der Waals surface area (Å²) in [5.74, 6) is -0.414. The van der Waals surface area contributed by atoms with E-state index in [0.717, 1.165) is 0 Å². The van der Waals surface area contributed by atoms with E-state index in [9.17, 15) is 4.79 Å². The number of aromatic nitrogens is 2. The number of ketones is 1. The van der Waals surface area contributed by atoms with Gasteiger partial charge < -0.3 is 5.73 Å². The molecule has 1 aromatic carbocycles. The van der Waals surface area contributed by atoms with Crippen LogP contribution in [0.5, 0.6) is 0 Å². The fourth-order valence-corrected chi connectivity index (χ4v) is 2.14. The number of benzene rings is 1. The lowest BCUT2D eigenvalue weighted by molar-refractivity contribution is 0.103. The zero-order valence-corrected chi connectivity index (χ0v) is 11.6. The molecule has 0 amide bonds. The Morgan fingerprint density at radius 3 is 2.50 bits per heavy atom. The average molecular weight is 288 g/mol. The molecule has 0 bridgehead atoms. The Bertz CT molecular complexity index is 845. The maximum atomic E-state index is 12.5. The standard InChI is InChI=1S/C17H12N4O/c18-13-7-2-1-5-11(13)14-8-3-9-15(21-14)16(22)12-6-4-10-20-17(12)19/h1-10,18-19H. The molecule has 0 aliphatic heterocycles. The lowest BCUT2D eigenvalue weighted by atomic mass is 10.1. The van der Waals surface area contributed by atoms with E-state index in [1.165, 1.54) is 6.20 Å². The molecule has 5 nitrogen and oxygen atoms in total. The maximum Gasteiger partial charge on any atom is 0.215 e. The molecule has 2 N–H and O–H groups in total. The predicted molar refractivity (Wildman–Crippen MR) is 82.9 cm³/mol. The maximum absolute atomic E-state index is 12.5. The van der Waals surface area contributed by atoms with Gasteiger partial charge in [0.2, 0.25) is 5.78 Å². The van der Waals surface area contributed by atoms with E-state index < -0.39 is 0 Å². The van der Waals surface area contributed by atoms with Gasteiger partial charge in [0.1, 0.15) is 5.69 Å². The van der Waals surface area contributed by atoms with Crippen LogP contribution in [-0.4, -0.2) is 15.8 Å². The Morgan fingerprint density at radius 2 is 1.73 bits per heavy atom. The van der Waals surface area contributed by atoms with E-state index in [1.54, 1.807) is 48.5 Å². The highest BCUT2D eigenvalue weighted by molar-refractivity contribution is 6.10. The van der Waals surface area contributed by atoms with Crippen molar-refractivity contribution in [3.05, 3.63) is 72.1 Å². The summed E-state index contributed by atoms with van der Waals surface area (Å²) in [4.78, 5) is 20.6. The Labute approximate surface area is 127 Å². The van der Waals surface area contributed by atoms with Crippen LogP contribution >= 0.6 is 0 Å². The van der Waals surface area contributed by atoms with E-state index in [4.69, 9.17) is 11.5 Å². The van der Waals surface area contributed by atoms with Gasteiger partial charge in [-0.1, -0.05) is 24.3 Å². The summed E-state index contributed by atoms with van der Waals surface area (Å²) in [6.45, 7) is 0. The van der Waals surface area contributed by atoms with E-state index in [0.29, 0.717) is 16.9 Å². The SMILES string of the molecule is [NH]c1ccccc1-c1cccc(C(=O)c2cccnc2[NH])n1. The van der Waals surface area contributed by atoms with Gasteiger partial charge in [-0.3, -0.25) is 10.5 Å². The van der Waals surface area contributed by atoms with Crippen LogP contribution in [0.2, 0.25) is 0 Å². The predicted octanol–water partition coefficient (Wildman–Crippen LogP) is 3.20. The first kappa shape index (κ1) is 13.8. The molecule has 5 heteroatoms. The Morgan fingerprint density at radius 1 is 0.909 bits per heavy atom. The van der Waals surface area contributed by atoms with Gasteiger partial charge in [0.15, 0.2) is 5.82 Å². The minimum Gasteiger partial charge on any atom is -0.300 e. The molecule has 0 aliphatic carbocycles. The molecule has 0 unspecified atom stereocenters. The van der Waals surface area contributed by atoms with E-state index in [1.807, 2.05) is 6.07 Å². The molecule has 2 heterocycles. The summed E-state index contributed by atoms with van der Waals surface area (Å²) >= 11 is 0. The lowest BCUT2D eigenvalue weighted by Gasteiger charge is -2.07. The van der Waals surface area contributed by atoms with Crippen molar-refractivity contribution in [3.63, 3.8) is 0 Å². The molecule has 0 aliphatic rings. The Kier molecular flexibility index (Phi) is 3.53. The summed E-state index contributed by atoms with van der Waals surface area (Å²) in [6.07, 6.45) is 1.47. The van der Waals surface area contributed by atoms with Crippen LogP contribution in [-0.2, 0) is 0 Å². The van der Waals surface area contributed by atoms with Crippen molar-refractivity contribution in [1.82, 2.24) is 21.4 Å². The molecule has 2 radical (unpaired) electrons. The number of carbonyl (C=O) groups excluding carboxylic acids is 1. The first-order valence-corrected chi connectivity index (χ1v) is 6.66. The molecule has 0 atom stereocenters. The van der Waals surface area contributed by atoms with E-state index >= 15 is 0 Å². The molecule has 0 saturated carbocycles. The molecule has 106 valence electrons. The van der Waals surface area contributed by atoms with Gasteiger partial charge in [-0.2, -0.15) is 0 Å². The van der Waals surface area contributed by atoms with Crippen LogP contribution in [0.3, 0.4) is 0 Å². The highest BCUT2D eigenvalue weighted by Crippen LogP contribution is 2.25. The van der Waals surface area contributed by atoms with Crippen molar-refractivity contribution in [2.75, 3.05) is 0 Å². The molecule has 0 fully saturated rings. The number of hydrogen-bond donors (Lipinski definition) is 0.